The summed E-state index contributed by atoms with van der Waals surface area (Å²) in [6, 6.07) is 23.2. The van der Waals surface area contributed by atoms with Crippen LogP contribution in [0.15, 0.2) is 82.1 Å². The number of esters is 1. The summed E-state index contributed by atoms with van der Waals surface area (Å²) in [4.78, 5) is 30.4. The number of rotatable bonds is 7. The predicted octanol–water partition coefficient (Wildman–Crippen LogP) is 7.33. The molecule has 41 heavy (non-hydrogen) atoms. The van der Waals surface area contributed by atoms with Crippen molar-refractivity contribution in [2.24, 2.45) is 13.0 Å². The number of nitrogens with one attached hydrogen (secondary N) is 1. The Labute approximate surface area is 247 Å². The molecule has 2 heterocycles. The molecule has 0 amide bonds. The number of aromatic nitrogens is 2. The second-order valence-electron chi connectivity index (χ2n) is 10.9. The van der Waals surface area contributed by atoms with Crippen LogP contribution in [-0.4, -0.2) is 27.2 Å². The number of H-pyrrole nitrogens is 1. The number of hydrogen-bond acceptors (Lipinski definition) is 4. The minimum Gasteiger partial charge on any atom is -0.507 e. The molecule has 1 saturated carbocycles. The number of ether oxygens (including phenoxy) is 1. The van der Waals surface area contributed by atoms with Crippen LogP contribution in [0.3, 0.4) is 0 Å². The molecule has 210 valence electrons. The van der Waals surface area contributed by atoms with Gasteiger partial charge in [-0.1, -0.05) is 77.7 Å². The number of benzene rings is 3. The lowest BCUT2D eigenvalue weighted by Crippen LogP contribution is -2.25. The number of hydrogen-bond donors (Lipinski definition) is 2. The third-order valence-electron chi connectivity index (χ3n) is 8.45. The smallest absolute Gasteiger partial charge is 0.308 e. The van der Waals surface area contributed by atoms with Crippen molar-refractivity contribution < 1.29 is 14.6 Å². The van der Waals surface area contributed by atoms with Crippen LogP contribution in [-0.2, 0) is 23.0 Å². The van der Waals surface area contributed by atoms with Gasteiger partial charge in [-0.3, -0.25) is 9.59 Å². The molecule has 0 radical (unpaired) electrons. The third-order valence-corrected chi connectivity index (χ3v) is 8.94. The molecule has 1 fully saturated rings. The maximum Gasteiger partial charge on any atom is 0.308 e. The van der Waals surface area contributed by atoms with Crippen molar-refractivity contribution in [1.29, 1.82) is 0 Å². The van der Waals surface area contributed by atoms with Gasteiger partial charge in [0.1, 0.15) is 5.75 Å². The van der Waals surface area contributed by atoms with Crippen LogP contribution in [0, 0.1) is 5.92 Å². The molecule has 1 atom stereocenters. The minimum atomic E-state index is -0.591. The molecular formula is C34H33BrN2O4. The first-order chi connectivity index (χ1) is 19.9. The molecule has 6 rings (SSSR count). The van der Waals surface area contributed by atoms with E-state index in [9.17, 15) is 14.7 Å². The molecule has 3 aromatic carbocycles. The van der Waals surface area contributed by atoms with E-state index in [1.54, 1.807) is 11.6 Å². The molecule has 2 aromatic heterocycles. The number of carbonyl (C=O) groups is 1. The average molecular weight is 614 g/mol. The van der Waals surface area contributed by atoms with E-state index in [0.29, 0.717) is 22.9 Å². The van der Waals surface area contributed by atoms with Gasteiger partial charge in [-0.25, -0.2) is 0 Å². The van der Waals surface area contributed by atoms with Gasteiger partial charge in [0, 0.05) is 39.9 Å². The van der Waals surface area contributed by atoms with E-state index in [1.807, 2.05) is 72.8 Å². The van der Waals surface area contributed by atoms with E-state index in [0.717, 1.165) is 57.9 Å². The van der Waals surface area contributed by atoms with Crippen LogP contribution in [0.2, 0.25) is 0 Å². The van der Waals surface area contributed by atoms with Gasteiger partial charge < -0.3 is 19.4 Å². The molecule has 1 aliphatic carbocycles. The van der Waals surface area contributed by atoms with Gasteiger partial charge in [-0.05, 0) is 54.3 Å². The second-order valence-corrected chi connectivity index (χ2v) is 11.9. The zero-order chi connectivity index (χ0) is 28.5. The highest BCUT2D eigenvalue weighted by Crippen LogP contribution is 2.41. The van der Waals surface area contributed by atoms with Gasteiger partial charge >= 0.3 is 5.97 Å². The van der Waals surface area contributed by atoms with Crippen molar-refractivity contribution in [3.63, 3.8) is 0 Å². The topological polar surface area (TPSA) is 84.3 Å². The number of aromatic hydroxyl groups is 1. The number of halogens is 1. The van der Waals surface area contributed by atoms with Crippen LogP contribution in [0.4, 0.5) is 0 Å². The lowest BCUT2D eigenvalue weighted by molar-refractivity contribution is -0.149. The van der Waals surface area contributed by atoms with E-state index in [4.69, 9.17) is 4.74 Å². The molecule has 1 unspecified atom stereocenters. The van der Waals surface area contributed by atoms with E-state index >= 15 is 0 Å². The van der Waals surface area contributed by atoms with Crippen LogP contribution < -0.4 is 5.56 Å². The van der Waals surface area contributed by atoms with Crippen LogP contribution in [0.5, 0.6) is 5.75 Å². The highest BCUT2D eigenvalue weighted by Gasteiger charge is 2.31. The standard InChI is InChI=1S/C34H33BrN2O4/c1-37-28-17-8-6-15-26(28)32(38)30(33(37)39)29(22-12-9-13-23(35)20-22)31-25(24-14-5-7-16-27(24)36-31)18-19-41-34(40)21-10-3-2-4-11-21/h5-9,12-17,20-21,29,36,38H,2-4,10-11,18-19H2,1H3. The maximum atomic E-state index is 14.0. The number of para-hydroxylation sites is 2. The van der Waals surface area contributed by atoms with Gasteiger partial charge in [0.05, 0.1) is 29.5 Å². The van der Waals surface area contributed by atoms with E-state index in [-0.39, 0.29) is 29.8 Å². The van der Waals surface area contributed by atoms with E-state index in [1.165, 1.54) is 6.42 Å². The van der Waals surface area contributed by atoms with Crippen molar-refractivity contribution in [2.75, 3.05) is 6.61 Å². The molecule has 6 nitrogen and oxygen atoms in total. The van der Waals surface area contributed by atoms with Gasteiger partial charge in [0.25, 0.3) is 5.56 Å². The largest absolute Gasteiger partial charge is 0.507 e. The summed E-state index contributed by atoms with van der Waals surface area (Å²) in [5.41, 5.74) is 4.26. The van der Waals surface area contributed by atoms with Gasteiger partial charge in [-0.15, -0.1) is 0 Å². The minimum absolute atomic E-state index is 0.0156. The Morgan fingerprint density at radius 1 is 1.02 bits per heavy atom. The zero-order valence-electron chi connectivity index (χ0n) is 23.0. The van der Waals surface area contributed by atoms with Crippen molar-refractivity contribution in [1.82, 2.24) is 9.55 Å². The first-order valence-corrected chi connectivity index (χ1v) is 15.1. The summed E-state index contributed by atoms with van der Waals surface area (Å²) in [6.45, 7) is 0.247. The lowest BCUT2D eigenvalue weighted by atomic mass is 9.85. The van der Waals surface area contributed by atoms with Gasteiger partial charge in [-0.2, -0.15) is 0 Å². The molecule has 1 aliphatic rings. The van der Waals surface area contributed by atoms with Crippen molar-refractivity contribution in [3.05, 3.63) is 110 Å². The second kappa shape index (κ2) is 11.6. The SMILES string of the molecule is Cn1c(=O)c(C(c2cccc(Br)c2)c2[nH]c3ccccc3c2CCOC(=O)C2CCCCC2)c(O)c2ccccc21. The molecule has 0 saturated heterocycles. The molecule has 2 N–H and O–H groups in total. The summed E-state index contributed by atoms with van der Waals surface area (Å²) in [6.07, 6.45) is 5.60. The van der Waals surface area contributed by atoms with Crippen LogP contribution >= 0.6 is 15.9 Å². The monoisotopic (exact) mass is 612 g/mol. The third kappa shape index (κ3) is 5.19. The number of carbonyl (C=O) groups excluding carboxylic acids is 1. The molecule has 0 spiro atoms. The van der Waals surface area contributed by atoms with Gasteiger partial charge in [0.15, 0.2) is 0 Å². The normalized spacial score (nSPS) is 14.9. The molecule has 7 heteroatoms. The Hall–Kier alpha value is -3.84. The fourth-order valence-electron chi connectivity index (χ4n) is 6.37. The maximum absolute atomic E-state index is 14.0. The summed E-state index contributed by atoms with van der Waals surface area (Å²) < 4.78 is 8.29. The summed E-state index contributed by atoms with van der Waals surface area (Å²) >= 11 is 3.60. The van der Waals surface area contributed by atoms with Crippen molar-refractivity contribution in [3.8, 4) is 5.75 Å². The number of fused-ring (bicyclic) bond motifs is 2. The number of aryl methyl sites for hydroxylation is 1. The Balaban J connectivity index is 1.50. The molecular weight excluding hydrogens is 580 g/mol. The fourth-order valence-corrected chi connectivity index (χ4v) is 6.79. The Morgan fingerprint density at radius 3 is 2.54 bits per heavy atom. The Kier molecular flexibility index (Phi) is 7.71. The van der Waals surface area contributed by atoms with E-state index < -0.39 is 5.92 Å². The molecule has 0 bridgehead atoms. The number of nitrogens with zero attached hydrogens (tertiary/aromatic N) is 1. The van der Waals surface area contributed by atoms with E-state index in [2.05, 4.69) is 20.9 Å². The highest BCUT2D eigenvalue weighted by molar-refractivity contribution is 9.10. The average Bonchev–Trinajstić information content (AvgIpc) is 3.36. The summed E-state index contributed by atoms with van der Waals surface area (Å²) in [5.74, 6) is -0.747. The molecule has 5 aromatic rings. The number of pyridine rings is 1. The highest BCUT2D eigenvalue weighted by atomic mass is 79.9. The molecule has 0 aliphatic heterocycles. The number of aromatic amines is 1. The predicted molar refractivity (Wildman–Crippen MR) is 165 cm³/mol. The quantitative estimate of drug-likeness (QED) is 0.188. The van der Waals surface area contributed by atoms with Crippen molar-refractivity contribution in [2.45, 2.75) is 44.4 Å². The summed E-state index contributed by atoms with van der Waals surface area (Å²) in [7, 11) is 1.74. The lowest BCUT2D eigenvalue weighted by Gasteiger charge is -2.22. The van der Waals surface area contributed by atoms with Crippen LogP contribution in [0.1, 0.15) is 60.4 Å². The Bertz CT molecular complexity index is 1800. The zero-order valence-corrected chi connectivity index (χ0v) is 24.6. The first kappa shape index (κ1) is 27.3. The van der Waals surface area contributed by atoms with Crippen LogP contribution in [0.25, 0.3) is 21.8 Å². The fraction of sp³-hybridized carbons (Fsp3) is 0.294. The van der Waals surface area contributed by atoms with Gasteiger partial charge in [0.2, 0.25) is 0 Å². The van der Waals surface area contributed by atoms with Crippen molar-refractivity contribution >= 4 is 43.7 Å². The first-order valence-electron chi connectivity index (χ1n) is 14.3. The summed E-state index contributed by atoms with van der Waals surface area (Å²) in [5, 5.41) is 13.3. The Morgan fingerprint density at radius 2 is 1.76 bits per heavy atom.